The molecule has 0 saturated carbocycles. The molecule has 11 heavy (non-hydrogen) atoms. The molecule has 0 aromatic carbocycles. The summed E-state index contributed by atoms with van der Waals surface area (Å²) < 4.78 is 0. The summed E-state index contributed by atoms with van der Waals surface area (Å²) in [5, 5.41) is 16.3. The Morgan fingerprint density at radius 1 is 1.45 bits per heavy atom. The van der Waals surface area contributed by atoms with Crippen LogP contribution in [-0.4, -0.2) is 51.2 Å². The molecule has 0 aliphatic carbocycles. The predicted octanol–water partition coefficient (Wildman–Crippen LogP) is -1.01. The Labute approximate surface area is 81.2 Å². The van der Waals surface area contributed by atoms with Crippen LogP contribution < -0.4 is 5.73 Å². The van der Waals surface area contributed by atoms with Gasteiger partial charge < -0.3 is 15.9 Å². The molecule has 6 heteroatoms. The van der Waals surface area contributed by atoms with Crippen molar-refractivity contribution in [2.24, 2.45) is 5.73 Å². The topological polar surface area (TPSA) is 101 Å². The van der Waals surface area contributed by atoms with Crippen LogP contribution in [-0.2, 0) is 9.59 Å². The van der Waals surface area contributed by atoms with Gasteiger partial charge >= 0.3 is 36.4 Å². The van der Waals surface area contributed by atoms with E-state index in [4.69, 9.17) is 15.9 Å². The summed E-state index contributed by atoms with van der Waals surface area (Å²) >= 11 is 0. The maximum Gasteiger partial charge on any atom is 2.00 e. The van der Waals surface area contributed by atoms with E-state index >= 15 is 0 Å². The zero-order chi connectivity index (χ0) is 8.15. The van der Waals surface area contributed by atoms with E-state index in [9.17, 15) is 9.59 Å². The second-order valence-electron chi connectivity index (χ2n) is 1.88. The molecular formula is C5H10MgNO4+3. The molecule has 1 unspecified atom stereocenters. The Morgan fingerprint density at radius 3 is 2.18 bits per heavy atom. The molecule has 0 aliphatic heterocycles. The average Bonchev–Trinajstić information content (AvgIpc) is 1.82. The SMILES string of the molecule is NC(CCC(=O)O)C(=O)O.[H+].[Mg+2]. The second-order valence-corrected chi connectivity index (χ2v) is 1.88. The minimum atomic E-state index is -1.17. The molecule has 4 N–H and O–H groups in total. The Bertz CT molecular complexity index is 154. The molecule has 5 nitrogen and oxygen atoms in total. The van der Waals surface area contributed by atoms with Crippen molar-refractivity contribution < 1.29 is 21.2 Å². The van der Waals surface area contributed by atoms with Crippen LogP contribution in [0.4, 0.5) is 0 Å². The molecule has 0 aromatic heterocycles. The number of rotatable bonds is 4. The van der Waals surface area contributed by atoms with Crippen molar-refractivity contribution in [1.82, 2.24) is 0 Å². The largest absolute Gasteiger partial charge is 2.00 e. The summed E-state index contributed by atoms with van der Waals surface area (Å²) in [6.45, 7) is 0. The normalized spacial score (nSPS) is 11.4. The molecule has 0 fully saturated rings. The van der Waals surface area contributed by atoms with Gasteiger partial charge in [-0.1, -0.05) is 0 Å². The Balaban J connectivity index is -0.000000405. The predicted molar refractivity (Wildman–Crippen MR) is 39.3 cm³/mol. The molecule has 0 aliphatic rings. The number of hydrogen-bond acceptors (Lipinski definition) is 3. The summed E-state index contributed by atoms with van der Waals surface area (Å²) in [6.07, 6.45) is -0.224. The average molecular weight is 172 g/mol. The van der Waals surface area contributed by atoms with Crippen LogP contribution in [0.15, 0.2) is 0 Å². The molecule has 0 bridgehead atoms. The Morgan fingerprint density at radius 2 is 1.91 bits per heavy atom. The molecule has 0 aromatic rings. The van der Waals surface area contributed by atoms with Crippen LogP contribution in [0.2, 0.25) is 0 Å². The molecule has 0 saturated heterocycles. The third-order valence-corrected chi connectivity index (χ3v) is 0.986. The maximum absolute atomic E-state index is 9.99. The molecule has 0 radical (unpaired) electrons. The van der Waals surface area contributed by atoms with Gasteiger partial charge in [-0.25, -0.2) is 0 Å². The molecular weight excluding hydrogens is 162 g/mol. The van der Waals surface area contributed by atoms with Crippen LogP contribution in [0.5, 0.6) is 0 Å². The fourth-order valence-corrected chi connectivity index (χ4v) is 0.402. The minimum absolute atomic E-state index is 0. The minimum Gasteiger partial charge on any atom is -0.481 e. The second kappa shape index (κ2) is 6.38. The van der Waals surface area contributed by atoms with Gasteiger partial charge in [0.25, 0.3) is 0 Å². The first-order valence-electron chi connectivity index (χ1n) is 2.74. The fraction of sp³-hybridized carbons (Fsp3) is 0.600. The van der Waals surface area contributed by atoms with E-state index in [1.165, 1.54) is 0 Å². The first-order valence-corrected chi connectivity index (χ1v) is 2.74. The Hall–Kier alpha value is -0.334. The number of carbonyl (C=O) groups is 2. The Kier molecular flexibility index (Phi) is 7.70. The summed E-state index contributed by atoms with van der Waals surface area (Å²) in [6, 6.07) is -1.06. The number of nitrogens with two attached hydrogens (primary N) is 1. The van der Waals surface area contributed by atoms with E-state index in [-0.39, 0.29) is 37.3 Å². The number of aliphatic carboxylic acids is 2. The van der Waals surface area contributed by atoms with Gasteiger partial charge in [-0.15, -0.1) is 0 Å². The van der Waals surface area contributed by atoms with E-state index in [1.54, 1.807) is 0 Å². The smallest absolute Gasteiger partial charge is 0.481 e. The van der Waals surface area contributed by atoms with Crippen LogP contribution in [0, 0.1) is 0 Å². The standard InChI is InChI=1S/C5H9NO4.Mg/c6-3(5(9)10)1-2-4(7)8;/h3H,1-2,6H2,(H,7,8)(H,9,10);/q;+2/p+1. The van der Waals surface area contributed by atoms with Crippen LogP contribution in [0.3, 0.4) is 0 Å². The van der Waals surface area contributed by atoms with Crippen molar-refractivity contribution in [2.45, 2.75) is 18.9 Å². The van der Waals surface area contributed by atoms with Crippen molar-refractivity contribution in [2.75, 3.05) is 0 Å². The third-order valence-electron chi connectivity index (χ3n) is 0.986. The number of carboxylic acid groups (broad SMARTS) is 2. The van der Waals surface area contributed by atoms with Gasteiger partial charge in [-0.3, -0.25) is 9.59 Å². The number of hydrogen-bond donors (Lipinski definition) is 3. The van der Waals surface area contributed by atoms with E-state index in [2.05, 4.69) is 0 Å². The zero-order valence-electron chi connectivity index (χ0n) is 6.99. The summed E-state index contributed by atoms with van der Waals surface area (Å²) in [5.41, 5.74) is 5.00. The molecule has 58 valence electrons. The third kappa shape index (κ3) is 7.56. The van der Waals surface area contributed by atoms with Crippen molar-refractivity contribution in [3.63, 3.8) is 0 Å². The summed E-state index contributed by atoms with van der Waals surface area (Å²) in [4.78, 5) is 19.9. The molecule has 0 rings (SSSR count). The van der Waals surface area contributed by atoms with Gasteiger partial charge in [0.05, 0.1) is 0 Å². The van der Waals surface area contributed by atoms with Gasteiger partial charge in [0, 0.05) is 6.42 Å². The zero-order valence-corrected chi connectivity index (χ0v) is 7.40. The van der Waals surface area contributed by atoms with Crippen molar-refractivity contribution >= 4 is 35.0 Å². The van der Waals surface area contributed by atoms with Crippen LogP contribution in [0.1, 0.15) is 14.3 Å². The maximum atomic E-state index is 9.99. The summed E-state index contributed by atoms with van der Waals surface area (Å²) in [5.74, 6) is -2.20. The van der Waals surface area contributed by atoms with Gasteiger partial charge in [-0.05, 0) is 6.42 Å². The quantitative estimate of drug-likeness (QED) is 0.472. The first-order chi connectivity index (χ1) is 4.54. The van der Waals surface area contributed by atoms with E-state index < -0.39 is 18.0 Å². The molecule has 0 heterocycles. The first kappa shape index (κ1) is 13.3. The van der Waals surface area contributed by atoms with Crippen LogP contribution >= 0.6 is 0 Å². The van der Waals surface area contributed by atoms with Crippen molar-refractivity contribution in [3.05, 3.63) is 0 Å². The fourth-order valence-electron chi connectivity index (χ4n) is 0.402. The van der Waals surface area contributed by atoms with Gasteiger partial charge in [0.1, 0.15) is 6.04 Å². The van der Waals surface area contributed by atoms with Gasteiger partial charge in [-0.2, -0.15) is 0 Å². The molecule has 0 spiro atoms. The van der Waals surface area contributed by atoms with Gasteiger partial charge in [0.15, 0.2) is 0 Å². The van der Waals surface area contributed by atoms with Crippen molar-refractivity contribution in [3.8, 4) is 0 Å². The van der Waals surface area contributed by atoms with Gasteiger partial charge in [0.2, 0.25) is 0 Å². The van der Waals surface area contributed by atoms with E-state index in [0.717, 1.165) is 0 Å². The molecule has 0 amide bonds. The van der Waals surface area contributed by atoms with Crippen LogP contribution in [0.25, 0.3) is 0 Å². The number of carboxylic acids is 2. The summed E-state index contributed by atoms with van der Waals surface area (Å²) in [7, 11) is 0. The molecule has 1 atom stereocenters. The van der Waals surface area contributed by atoms with E-state index in [1.807, 2.05) is 0 Å². The monoisotopic (exact) mass is 172 g/mol. The van der Waals surface area contributed by atoms with Crippen molar-refractivity contribution in [1.29, 1.82) is 0 Å². The van der Waals surface area contributed by atoms with E-state index in [0.29, 0.717) is 0 Å².